The molecule has 0 atom stereocenters. The number of benzene rings is 1. The number of hydrogen-bond acceptors (Lipinski definition) is 4. The summed E-state index contributed by atoms with van der Waals surface area (Å²) in [5, 5.41) is 0. The predicted molar refractivity (Wildman–Crippen MR) is 83.8 cm³/mol. The molecule has 0 amide bonds. The third-order valence-corrected chi connectivity index (χ3v) is 6.07. The number of nitrogens with two attached hydrogens (primary N) is 1. The average molecular weight is 310 g/mol. The second-order valence-corrected chi connectivity index (χ2v) is 7.74. The summed E-state index contributed by atoms with van der Waals surface area (Å²) < 4.78 is 27.5. The van der Waals surface area contributed by atoms with Gasteiger partial charge < -0.3 is 5.73 Å². The summed E-state index contributed by atoms with van der Waals surface area (Å²) in [6, 6.07) is 8.95. The van der Waals surface area contributed by atoms with E-state index in [0.29, 0.717) is 22.9 Å². The maximum atomic E-state index is 12.3. The van der Waals surface area contributed by atoms with E-state index in [4.69, 9.17) is 5.73 Å². The molecule has 4 nitrogen and oxygen atoms in total. The number of nitrogens with one attached hydrogen (secondary N) is 1. The first-order valence-corrected chi connectivity index (χ1v) is 8.61. The fourth-order valence-electron chi connectivity index (χ4n) is 1.79. The van der Waals surface area contributed by atoms with E-state index in [1.807, 2.05) is 32.0 Å². The Hall–Kier alpha value is -1.37. The van der Waals surface area contributed by atoms with Gasteiger partial charge in [-0.1, -0.05) is 6.07 Å². The normalized spacial score (nSPS) is 11.6. The van der Waals surface area contributed by atoms with E-state index >= 15 is 0 Å². The molecule has 1 heterocycles. The summed E-state index contributed by atoms with van der Waals surface area (Å²) in [5.41, 5.74) is 8.25. The average Bonchev–Trinajstić information content (AvgIpc) is 2.83. The van der Waals surface area contributed by atoms with E-state index in [-0.39, 0.29) is 0 Å². The van der Waals surface area contributed by atoms with Crippen molar-refractivity contribution >= 4 is 27.0 Å². The number of thiophene rings is 1. The second kappa shape index (κ2) is 5.95. The Balaban J connectivity index is 2.23. The molecule has 1 aromatic carbocycles. The Morgan fingerprint density at radius 1 is 1.15 bits per heavy atom. The second-order valence-electron chi connectivity index (χ2n) is 4.66. The molecule has 0 unspecified atom stereocenters. The first kappa shape index (κ1) is 15.0. The van der Waals surface area contributed by atoms with Crippen molar-refractivity contribution < 1.29 is 8.42 Å². The minimum absolute atomic E-state index is 0.319. The fraction of sp³-hybridized carbons (Fsp3) is 0.286. The molecule has 0 saturated heterocycles. The van der Waals surface area contributed by atoms with E-state index in [9.17, 15) is 8.42 Å². The molecule has 0 aliphatic heterocycles. The quantitative estimate of drug-likeness (QED) is 0.892. The number of sulfonamides is 1. The van der Waals surface area contributed by atoms with Gasteiger partial charge in [-0.25, -0.2) is 8.42 Å². The molecule has 0 aliphatic carbocycles. The summed E-state index contributed by atoms with van der Waals surface area (Å²) in [5.74, 6) is 0. The van der Waals surface area contributed by atoms with Gasteiger partial charge in [0.25, 0.3) is 10.0 Å². The third kappa shape index (κ3) is 3.39. The number of hydrogen-bond donors (Lipinski definition) is 2. The summed E-state index contributed by atoms with van der Waals surface area (Å²) in [6.45, 7) is 4.47. The number of aryl methyl sites for hydroxylation is 2. The van der Waals surface area contributed by atoms with Gasteiger partial charge in [0.1, 0.15) is 4.21 Å². The first-order valence-electron chi connectivity index (χ1n) is 6.31. The van der Waals surface area contributed by atoms with Crippen LogP contribution in [0.25, 0.3) is 0 Å². The van der Waals surface area contributed by atoms with Gasteiger partial charge in [0.2, 0.25) is 0 Å². The molecular formula is C14H18N2O2S2. The van der Waals surface area contributed by atoms with Crippen molar-refractivity contribution in [2.75, 3.05) is 11.3 Å². The van der Waals surface area contributed by atoms with Crippen molar-refractivity contribution in [3.8, 4) is 0 Å². The lowest BCUT2D eigenvalue weighted by Crippen LogP contribution is -2.11. The molecule has 3 N–H and O–H groups in total. The van der Waals surface area contributed by atoms with Crippen LogP contribution in [0.5, 0.6) is 0 Å². The van der Waals surface area contributed by atoms with Crippen molar-refractivity contribution in [3.05, 3.63) is 46.3 Å². The molecule has 0 aliphatic rings. The summed E-state index contributed by atoms with van der Waals surface area (Å²) in [7, 11) is -3.51. The van der Waals surface area contributed by atoms with Crippen LogP contribution in [0.4, 0.5) is 5.69 Å². The van der Waals surface area contributed by atoms with Crippen molar-refractivity contribution in [1.82, 2.24) is 0 Å². The summed E-state index contributed by atoms with van der Waals surface area (Å²) in [6.07, 6.45) is 0.698. The van der Waals surface area contributed by atoms with Crippen LogP contribution in [0.2, 0.25) is 0 Å². The van der Waals surface area contributed by atoms with Crippen LogP contribution in [0.1, 0.15) is 16.0 Å². The Bertz CT molecular complexity index is 706. The summed E-state index contributed by atoms with van der Waals surface area (Å²) in [4.78, 5) is 0.980. The third-order valence-electron chi connectivity index (χ3n) is 3.05. The van der Waals surface area contributed by atoms with Gasteiger partial charge in [-0.3, -0.25) is 4.72 Å². The van der Waals surface area contributed by atoms with Crippen LogP contribution >= 0.6 is 11.3 Å². The highest BCUT2D eigenvalue weighted by molar-refractivity contribution is 7.94. The van der Waals surface area contributed by atoms with E-state index in [1.165, 1.54) is 11.3 Å². The van der Waals surface area contributed by atoms with E-state index in [2.05, 4.69) is 4.72 Å². The molecule has 0 fully saturated rings. The minimum Gasteiger partial charge on any atom is -0.330 e. The first-order chi connectivity index (χ1) is 9.42. The molecule has 0 saturated carbocycles. The SMILES string of the molecule is Cc1ccc(NS(=O)(=O)c2ccc(CCN)s2)cc1C. The van der Waals surface area contributed by atoms with Crippen LogP contribution in [-0.2, 0) is 16.4 Å². The number of anilines is 1. The van der Waals surface area contributed by atoms with Crippen molar-refractivity contribution in [2.45, 2.75) is 24.5 Å². The topological polar surface area (TPSA) is 72.2 Å². The maximum Gasteiger partial charge on any atom is 0.271 e. The molecular weight excluding hydrogens is 292 g/mol. The Kier molecular flexibility index (Phi) is 4.47. The lowest BCUT2D eigenvalue weighted by molar-refractivity contribution is 0.603. The highest BCUT2D eigenvalue weighted by Gasteiger charge is 2.17. The zero-order chi connectivity index (χ0) is 14.8. The molecule has 0 bridgehead atoms. The van der Waals surface area contributed by atoms with Crippen molar-refractivity contribution in [2.24, 2.45) is 5.73 Å². The van der Waals surface area contributed by atoms with Gasteiger partial charge in [0.05, 0.1) is 0 Å². The monoisotopic (exact) mass is 310 g/mol. The van der Waals surface area contributed by atoms with Crippen LogP contribution in [-0.4, -0.2) is 15.0 Å². The van der Waals surface area contributed by atoms with E-state index < -0.39 is 10.0 Å². The smallest absolute Gasteiger partial charge is 0.271 e. The molecule has 6 heteroatoms. The highest BCUT2D eigenvalue weighted by Crippen LogP contribution is 2.25. The van der Waals surface area contributed by atoms with Gasteiger partial charge in [0, 0.05) is 10.6 Å². The van der Waals surface area contributed by atoms with Gasteiger partial charge >= 0.3 is 0 Å². The van der Waals surface area contributed by atoms with Gasteiger partial charge in [-0.2, -0.15) is 0 Å². The van der Waals surface area contributed by atoms with Crippen LogP contribution in [0.15, 0.2) is 34.5 Å². The Morgan fingerprint density at radius 3 is 2.55 bits per heavy atom. The molecule has 2 rings (SSSR count). The molecule has 0 spiro atoms. The highest BCUT2D eigenvalue weighted by atomic mass is 32.2. The maximum absolute atomic E-state index is 12.3. The van der Waals surface area contributed by atoms with Crippen LogP contribution < -0.4 is 10.5 Å². The van der Waals surface area contributed by atoms with E-state index in [1.54, 1.807) is 12.1 Å². The van der Waals surface area contributed by atoms with Gasteiger partial charge in [0.15, 0.2) is 0 Å². The van der Waals surface area contributed by atoms with Gasteiger partial charge in [-0.15, -0.1) is 11.3 Å². The molecule has 1 aromatic heterocycles. The zero-order valence-corrected chi connectivity index (χ0v) is 13.1. The van der Waals surface area contributed by atoms with Crippen molar-refractivity contribution in [1.29, 1.82) is 0 Å². The van der Waals surface area contributed by atoms with Crippen molar-refractivity contribution in [3.63, 3.8) is 0 Å². The Labute approximate surface area is 123 Å². The molecule has 2 aromatic rings. The minimum atomic E-state index is -3.51. The molecule has 108 valence electrons. The van der Waals surface area contributed by atoms with Crippen LogP contribution in [0.3, 0.4) is 0 Å². The van der Waals surface area contributed by atoms with Crippen LogP contribution in [0, 0.1) is 13.8 Å². The standard InChI is InChI=1S/C14H18N2O2S2/c1-10-3-4-12(9-11(10)2)16-20(17,18)14-6-5-13(19-14)7-8-15/h3-6,9,16H,7-8,15H2,1-2H3. The fourth-order valence-corrected chi connectivity index (χ4v) is 4.21. The predicted octanol–water partition coefficient (Wildman–Crippen LogP) is 2.67. The number of rotatable bonds is 5. The Morgan fingerprint density at radius 2 is 1.90 bits per heavy atom. The summed E-state index contributed by atoms with van der Waals surface area (Å²) >= 11 is 1.26. The van der Waals surface area contributed by atoms with Gasteiger partial charge in [-0.05, 0) is 62.2 Å². The molecule has 20 heavy (non-hydrogen) atoms. The largest absolute Gasteiger partial charge is 0.330 e. The lowest BCUT2D eigenvalue weighted by Gasteiger charge is -2.08. The van der Waals surface area contributed by atoms with E-state index in [0.717, 1.165) is 16.0 Å². The zero-order valence-electron chi connectivity index (χ0n) is 11.5. The molecule has 0 radical (unpaired) electrons. The lowest BCUT2D eigenvalue weighted by atomic mass is 10.1.